The molecule has 0 unspecified atom stereocenters. The van der Waals surface area contributed by atoms with Crippen LogP contribution in [0.3, 0.4) is 0 Å². The van der Waals surface area contributed by atoms with E-state index in [1.807, 2.05) is 18.2 Å². The van der Waals surface area contributed by atoms with E-state index in [4.69, 9.17) is 9.72 Å². The number of carbonyl (C=O) groups is 2. The highest BCUT2D eigenvalue weighted by molar-refractivity contribution is 7.22. The summed E-state index contributed by atoms with van der Waals surface area (Å²) in [6.45, 7) is 4.13. The summed E-state index contributed by atoms with van der Waals surface area (Å²) in [5.41, 5.74) is 1.22. The zero-order chi connectivity index (χ0) is 24.1. The molecular weight excluding hydrogens is 450 g/mol. The number of ether oxygens (including phenoxy) is 1. The molecule has 0 radical (unpaired) electrons. The smallest absolute Gasteiger partial charge is 0.269 e. The Balaban J connectivity index is 1.34. The minimum atomic E-state index is -0.258. The molecule has 2 heterocycles. The summed E-state index contributed by atoms with van der Waals surface area (Å²) in [5.74, 6) is 1.51. The number of hydrogen-bond acceptors (Lipinski definition) is 7. The topological polar surface area (TPSA) is 105 Å². The zero-order valence-corrected chi connectivity index (χ0v) is 20.6. The number of carbonyl (C=O) groups excluding carboxylic acids is 2. The Hall–Kier alpha value is -3.20. The standard InChI is InChI=1S/C25H31N5O3S/c1-15(2)12-23(31)28-16-4-6-17(7-5-16)29-25-30-20-9-8-18(14-22(20)34-25)33-19-10-11-27-21(13-19)24(32)26-3/h8-11,13-17H,4-7,12H2,1-3H3,(H,26,32)(H,28,31)(H,29,30)/t16-,17+. The number of anilines is 1. The summed E-state index contributed by atoms with van der Waals surface area (Å²) < 4.78 is 6.98. The number of nitrogens with one attached hydrogen (secondary N) is 3. The third-order valence-corrected chi connectivity index (χ3v) is 6.75. The molecule has 0 saturated heterocycles. The molecule has 1 fully saturated rings. The quantitative estimate of drug-likeness (QED) is 0.430. The van der Waals surface area contributed by atoms with E-state index in [1.165, 1.54) is 0 Å². The molecule has 2 aromatic heterocycles. The molecule has 1 aliphatic carbocycles. The van der Waals surface area contributed by atoms with Crippen molar-refractivity contribution in [2.45, 2.75) is 58.0 Å². The van der Waals surface area contributed by atoms with E-state index in [2.05, 4.69) is 34.8 Å². The molecule has 4 rings (SSSR count). The molecule has 180 valence electrons. The highest BCUT2D eigenvalue weighted by atomic mass is 32.1. The van der Waals surface area contributed by atoms with Crippen molar-refractivity contribution in [3.05, 3.63) is 42.2 Å². The van der Waals surface area contributed by atoms with E-state index in [-0.39, 0.29) is 17.9 Å². The molecular formula is C25H31N5O3S. The number of aromatic nitrogens is 2. The second-order valence-electron chi connectivity index (χ2n) is 9.06. The van der Waals surface area contributed by atoms with Gasteiger partial charge in [-0.1, -0.05) is 25.2 Å². The number of benzene rings is 1. The van der Waals surface area contributed by atoms with Crippen LogP contribution in [0.5, 0.6) is 11.5 Å². The zero-order valence-electron chi connectivity index (χ0n) is 19.8. The SMILES string of the molecule is CNC(=O)c1cc(Oc2ccc3nc(N[C@H]4CC[C@@H](NC(=O)CC(C)C)CC4)sc3c2)ccn1. The van der Waals surface area contributed by atoms with Gasteiger partial charge in [-0.3, -0.25) is 14.6 Å². The van der Waals surface area contributed by atoms with E-state index in [9.17, 15) is 9.59 Å². The van der Waals surface area contributed by atoms with Gasteiger partial charge in [0.2, 0.25) is 5.91 Å². The van der Waals surface area contributed by atoms with Crippen LogP contribution in [-0.4, -0.2) is 40.9 Å². The van der Waals surface area contributed by atoms with Crippen LogP contribution in [-0.2, 0) is 4.79 Å². The lowest BCUT2D eigenvalue weighted by atomic mass is 9.91. The third kappa shape index (κ3) is 6.22. The number of rotatable bonds is 8. The predicted octanol–water partition coefficient (Wildman–Crippen LogP) is 4.73. The average Bonchev–Trinajstić information content (AvgIpc) is 3.21. The number of fused-ring (bicyclic) bond motifs is 1. The van der Waals surface area contributed by atoms with Gasteiger partial charge in [0.25, 0.3) is 5.91 Å². The van der Waals surface area contributed by atoms with Crippen molar-refractivity contribution in [2.75, 3.05) is 12.4 Å². The summed E-state index contributed by atoms with van der Waals surface area (Å²) in [6, 6.07) is 9.73. The van der Waals surface area contributed by atoms with E-state index in [1.54, 1.807) is 36.7 Å². The summed E-state index contributed by atoms with van der Waals surface area (Å²) in [7, 11) is 1.57. The van der Waals surface area contributed by atoms with E-state index >= 15 is 0 Å². The molecule has 3 N–H and O–H groups in total. The van der Waals surface area contributed by atoms with Crippen LogP contribution in [0, 0.1) is 5.92 Å². The molecule has 0 spiro atoms. The van der Waals surface area contributed by atoms with Crippen LogP contribution in [0.2, 0.25) is 0 Å². The van der Waals surface area contributed by atoms with Crippen LogP contribution in [0.4, 0.5) is 5.13 Å². The minimum Gasteiger partial charge on any atom is -0.457 e. The number of pyridine rings is 1. The first-order chi connectivity index (χ1) is 16.4. The maximum atomic E-state index is 12.0. The molecule has 1 saturated carbocycles. The first-order valence-corrected chi connectivity index (χ1v) is 12.5. The Morgan fingerprint density at radius 2 is 1.82 bits per heavy atom. The third-order valence-electron chi connectivity index (χ3n) is 5.80. The summed E-state index contributed by atoms with van der Waals surface area (Å²) in [5, 5.41) is 10.2. The van der Waals surface area contributed by atoms with Gasteiger partial charge >= 0.3 is 0 Å². The van der Waals surface area contributed by atoms with E-state index in [0.29, 0.717) is 35.6 Å². The summed E-state index contributed by atoms with van der Waals surface area (Å²) in [6.07, 6.45) is 6.12. The average molecular weight is 482 g/mol. The monoisotopic (exact) mass is 481 g/mol. The molecule has 3 aromatic rings. The Morgan fingerprint density at radius 3 is 2.56 bits per heavy atom. The largest absolute Gasteiger partial charge is 0.457 e. The van der Waals surface area contributed by atoms with Gasteiger partial charge in [-0.05, 0) is 49.8 Å². The van der Waals surface area contributed by atoms with Crippen LogP contribution >= 0.6 is 11.3 Å². The normalized spacial score (nSPS) is 18.0. The van der Waals surface area contributed by atoms with Gasteiger partial charge in [0.15, 0.2) is 5.13 Å². The molecule has 9 heteroatoms. The van der Waals surface area contributed by atoms with Gasteiger partial charge in [-0.2, -0.15) is 0 Å². The maximum Gasteiger partial charge on any atom is 0.269 e. The summed E-state index contributed by atoms with van der Waals surface area (Å²) in [4.78, 5) is 32.6. The van der Waals surface area contributed by atoms with Crippen LogP contribution in [0.25, 0.3) is 10.2 Å². The lowest BCUT2D eigenvalue weighted by Gasteiger charge is -2.29. The van der Waals surface area contributed by atoms with Gasteiger partial charge in [0, 0.05) is 43.9 Å². The van der Waals surface area contributed by atoms with E-state index < -0.39 is 0 Å². The first-order valence-electron chi connectivity index (χ1n) is 11.7. The minimum absolute atomic E-state index is 0.159. The van der Waals surface area contributed by atoms with Gasteiger partial charge in [0.1, 0.15) is 17.2 Å². The molecule has 34 heavy (non-hydrogen) atoms. The molecule has 1 aromatic carbocycles. The van der Waals surface area contributed by atoms with E-state index in [0.717, 1.165) is 41.0 Å². The van der Waals surface area contributed by atoms with Crippen LogP contribution in [0.1, 0.15) is 56.4 Å². The molecule has 0 bridgehead atoms. The van der Waals surface area contributed by atoms with Crippen LogP contribution in [0.15, 0.2) is 36.5 Å². The number of thiazole rings is 1. The fourth-order valence-electron chi connectivity index (χ4n) is 4.11. The molecule has 1 aliphatic rings. The molecule has 0 atom stereocenters. The second-order valence-corrected chi connectivity index (χ2v) is 10.1. The first kappa shape index (κ1) is 23.9. The lowest BCUT2D eigenvalue weighted by molar-refractivity contribution is -0.122. The van der Waals surface area contributed by atoms with Crippen molar-refractivity contribution in [2.24, 2.45) is 5.92 Å². The van der Waals surface area contributed by atoms with Crippen molar-refractivity contribution < 1.29 is 14.3 Å². The maximum absolute atomic E-state index is 12.0. The number of nitrogens with zero attached hydrogens (tertiary/aromatic N) is 2. The predicted molar refractivity (Wildman–Crippen MR) is 135 cm³/mol. The highest BCUT2D eigenvalue weighted by Crippen LogP contribution is 2.33. The van der Waals surface area contributed by atoms with Crippen LogP contribution < -0.4 is 20.7 Å². The Labute approximate surface area is 203 Å². The fourth-order valence-corrected chi connectivity index (χ4v) is 5.08. The molecule has 2 amide bonds. The van der Waals surface area contributed by atoms with Crippen molar-refractivity contribution in [1.29, 1.82) is 0 Å². The Kier molecular flexibility index (Phi) is 7.62. The van der Waals surface area contributed by atoms with Crippen molar-refractivity contribution in [1.82, 2.24) is 20.6 Å². The van der Waals surface area contributed by atoms with Gasteiger partial charge < -0.3 is 20.7 Å². The number of amides is 2. The van der Waals surface area contributed by atoms with Gasteiger partial charge in [0.05, 0.1) is 10.2 Å². The van der Waals surface area contributed by atoms with Crippen molar-refractivity contribution in [3.63, 3.8) is 0 Å². The molecule has 8 nitrogen and oxygen atoms in total. The Morgan fingerprint density at radius 1 is 1.09 bits per heavy atom. The number of hydrogen-bond donors (Lipinski definition) is 3. The molecule has 0 aliphatic heterocycles. The van der Waals surface area contributed by atoms with Crippen molar-refractivity contribution >= 4 is 38.5 Å². The fraction of sp³-hybridized carbons (Fsp3) is 0.440. The highest BCUT2D eigenvalue weighted by Gasteiger charge is 2.23. The summed E-state index contributed by atoms with van der Waals surface area (Å²) >= 11 is 1.60. The van der Waals surface area contributed by atoms with Gasteiger partial charge in [-0.25, -0.2) is 4.98 Å². The second kappa shape index (κ2) is 10.8. The lowest BCUT2D eigenvalue weighted by Crippen LogP contribution is -2.40. The van der Waals surface area contributed by atoms with Gasteiger partial charge in [-0.15, -0.1) is 0 Å². The Bertz CT molecular complexity index is 1150. The van der Waals surface area contributed by atoms with Crippen molar-refractivity contribution in [3.8, 4) is 11.5 Å².